The molecule has 0 bridgehead atoms. The zero-order valence-corrected chi connectivity index (χ0v) is 12.3. The lowest BCUT2D eigenvalue weighted by Gasteiger charge is -2.06. The van der Waals surface area contributed by atoms with Gasteiger partial charge in [-0.2, -0.15) is 0 Å². The van der Waals surface area contributed by atoms with Crippen LogP contribution in [0.2, 0.25) is 5.02 Å². The number of hydrogen-bond acceptors (Lipinski definition) is 3. The van der Waals surface area contributed by atoms with Gasteiger partial charge in [0.2, 0.25) is 0 Å². The zero-order valence-electron chi connectivity index (χ0n) is 10.7. The van der Waals surface area contributed by atoms with E-state index in [4.69, 9.17) is 11.6 Å². The van der Waals surface area contributed by atoms with Crippen LogP contribution in [0.5, 0.6) is 5.75 Å². The van der Waals surface area contributed by atoms with Gasteiger partial charge in [-0.05, 0) is 36.4 Å². The molecule has 0 aliphatic carbocycles. The van der Waals surface area contributed by atoms with E-state index in [2.05, 4.69) is 29.6 Å². The van der Waals surface area contributed by atoms with E-state index in [9.17, 15) is 5.11 Å². The van der Waals surface area contributed by atoms with Gasteiger partial charge in [0.25, 0.3) is 0 Å². The average Bonchev–Trinajstić information content (AvgIpc) is 2.41. The molecular weight excluding hydrogens is 278 g/mol. The molecule has 0 saturated carbocycles. The molecular formula is C15H16ClNOS. The monoisotopic (exact) mass is 293 g/mol. The Morgan fingerprint density at radius 2 is 1.95 bits per heavy atom. The highest BCUT2D eigenvalue weighted by molar-refractivity contribution is 7.98. The first-order chi connectivity index (χ1) is 9.19. The van der Waals surface area contributed by atoms with Crippen molar-refractivity contribution in [2.45, 2.75) is 17.2 Å². The molecule has 0 saturated heterocycles. The Morgan fingerprint density at radius 1 is 1.16 bits per heavy atom. The summed E-state index contributed by atoms with van der Waals surface area (Å²) in [5.74, 6) is 1.01. The molecule has 0 heterocycles. The maximum absolute atomic E-state index is 9.38. The number of phenolic OH excluding ortho intramolecular Hbond substituents is 1. The quantitative estimate of drug-likeness (QED) is 0.816. The largest absolute Gasteiger partial charge is 0.506 e. The average molecular weight is 294 g/mol. The summed E-state index contributed by atoms with van der Waals surface area (Å²) in [5, 5.41) is 12.9. The molecule has 2 N–H and O–H groups in total. The first-order valence-corrected chi connectivity index (χ1v) is 7.39. The van der Waals surface area contributed by atoms with Gasteiger partial charge >= 0.3 is 0 Å². The molecule has 2 aromatic rings. The third kappa shape index (κ3) is 4.16. The third-order valence-corrected chi connectivity index (χ3v) is 4.06. The summed E-state index contributed by atoms with van der Waals surface area (Å²) in [6, 6.07) is 13.8. The predicted molar refractivity (Wildman–Crippen MR) is 81.9 cm³/mol. The van der Waals surface area contributed by atoms with Crippen molar-refractivity contribution in [1.82, 2.24) is 5.32 Å². The van der Waals surface area contributed by atoms with Gasteiger partial charge in [0.15, 0.2) is 0 Å². The van der Waals surface area contributed by atoms with Crippen LogP contribution in [0.25, 0.3) is 0 Å². The van der Waals surface area contributed by atoms with Crippen LogP contribution in [0.4, 0.5) is 0 Å². The fraction of sp³-hybridized carbons (Fsp3) is 0.200. The fourth-order valence-electron chi connectivity index (χ4n) is 1.78. The second-order valence-corrected chi connectivity index (χ2v) is 5.71. The van der Waals surface area contributed by atoms with E-state index in [1.807, 2.05) is 13.1 Å². The minimum absolute atomic E-state index is 0.127. The van der Waals surface area contributed by atoms with Crippen molar-refractivity contribution in [1.29, 1.82) is 0 Å². The molecule has 0 unspecified atom stereocenters. The molecule has 19 heavy (non-hydrogen) atoms. The van der Waals surface area contributed by atoms with Crippen LogP contribution in [0.15, 0.2) is 47.4 Å². The molecule has 0 atom stereocenters. The highest BCUT2D eigenvalue weighted by atomic mass is 35.5. The van der Waals surface area contributed by atoms with Crippen molar-refractivity contribution in [2.24, 2.45) is 0 Å². The summed E-state index contributed by atoms with van der Waals surface area (Å²) in [4.78, 5) is 1.06. The summed E-state index contributed by atoms with van der Waals surface area (Å²) < 4.78 is 0. The topological polar surface area (TPSA) is 32.3 Å². The van der Waals surface area contributed by atoms with Crippen LogP contribution in [-0.2, 0) is 12.3 Å². The lowest BCUT2D eigenvalue weighted by molar-refractivity contribution is 0.475. The standard InChI is InChI=1S/C15H16ClNOS/c1-17-9-11-3-2-4-12(7-11)10-19-13-5-6-15(18)14(16)8-13/h2-8,17-18H,9-10H2,1H3. The Morgan fingerprint density at radius 3 is 2.68 bits per heavy atom. The summed E-state index contributed by atoms with van der Waals surface area (Å²) in [5.41, 5.74) is 2.56. The van der Waals surface area contributed by atoms with Crippen LogP contribution in [0, 0.1) is 0 Å². The first-order valence-electron chi connectivity index (χ1n) is 6.03. The van der Waals surface area contributed by atoms with Gasteiger partial charge < -0.3 is 10.4 Å². The maximum Gasteiger partial charge on any atom is 0.134 e. The minimum Gasteiger partial charge on any atom is -0.506 e. The van der Waals surface area contributed by atoms with Gasteiger partial charge in [0.05, 0.1) is 5.02 Å². The molecule has 0 aliphatic heterocycles. The molecule has 0 aliphatic rings. The van der Waals surface area contributed by atoms with Crippen LogP contribution >= 0.6 is 23.4 Å². The molecule has 0 aromatic heterocycles. The number of nitrogens with one attached hydrogen (secondary N) is 1. The van der Waals surface area contributed by atoms with Crippen molar-refractivity contribution >= 4 is 23.4 Å². The number of benzene rings is 2. The summed E-state index contributed by atoms with van der Waals surface area (Å²) in [6.07, 6.45) is 0. The van der Waals surface area contributed by atoms with E-state index in [-0.39, 0.29) is 5.75 Å². The highest BCUT2D eigenvalue weighted by Crippen LogP contribution is 2.30. The molecule has 0 spiro atoms. The van der Waals surface area contributed by atoms with E-state index in [1.54, 1.807) is 23.9 Å². The third-order valence-electron chi connectivity index (χ3n) is 2.70. The van der Waals surface area contributed by atoms with E-state index in [0.717, 1.165) is 17.2 Å². The van der Waals surface area contributed by atoms with Gasteiger partial charge in [0.1, 0.15) is 5.75 Å². The zero-order chi connectivity index (χ0) is 13.7. The number of aromatic hydroxyl groups is 1. The van der Waals surface area contributed by atoms with Gasteiger partial charge in [-0.25, -0.2) is 0 Å². The van der Waals surface area contributed by atoms with Gasteiger partial charge in [-0.1, -0.05) is 35.9 Å². The number of rotatable bonds is 5. The Balaban J connectivity index is 2.01. The highest BCUT2D eigenvalue weighted by Gasteiger charge is 2.02. The van der Waals surface area contributed by atoms with E-state index in [1.165, 1.54) is 11.1 Å². The normalized spacial score (nSPS) is 10.6. The van der Waals surface area contributed by atoms with Gasteiger partial charge in [-0.15, -0.1) is 11.8 Å². The van der Waals surface area contributed by atoms with Crippen molar-refractivity contribution in [3.05, 3.63) is 58.6 Å². The SMILES string of the molecule is CNCc1cccc(CSc2ccc(O)c(Cl)c2)c1. The molecule has 0 fully saturated rings. The lowest BCUT2D eigenvalue weighted by Crippen LogP contribution is -2.04. The first kappa shape index (κ1) is 14.3. The lowest BCUT2D eigenvalue weighted by atomic mass is 10.1. The smallest absolute Gasteiger partial charge is 0.134 e. The molecule has 100 valence electrons. The number of thioether (sulfide) groups is 1. The fourth-order valence-corrected chi connectivity index (χ4v) is 2.90. The summed E-state index contributed by atoms with van der Waals surface area (Å²) in [6.45, 7) is 0.879. The number of hydrogen-bond donors (Lipinski definition) is 2. The van der Waals surface area contributed by atoms with Gasteiger partial charge in [0, 0.05) is 17.2 Å². The predicted octanol–water partition coefficient (Wildman–Crippen LogP) is 4.06. The molecule has 2 nitrogen and oxygen atoms in total. The van der Waals surface area contributed by atoms with E-state index in [0.29, 0.717) is 5.02 Å². The van der Waals surface area contributed by atoms with Crippen LogP contribution in [-0.4, -0.2) is 12.2 Å². The minimum atomic E-state index is 0.127. The van der Waals surface area contributed by atoms with Crippen molar-refractivity contribution < 1.29 is 5.11 Å². The van der Waals surface area contributed by atoms with E-state index < -0.39 is 0 Å². The second-order valence-electron chi connectivity index (χ2n) is 4.25. The Bertz CT molecular complexity index is 560. The second kappa shape index (κ2) is 6.85. The Kier molecular flexibility index (Phi) is 5.14. The summed E-state index contributed by atoms with van der Waals surface area (Å²) >= 11 is 7.60. The Hall–Kier alpha value is -1.16. The maximum atomic E-state index is 9.38. The number of phenols is 1. The molecule has 0 amide bonds. The van der Waals surface area contributed by atoms with Crippen LogP contribution < -0.4 is 5.32 Å². The van der Waals surface area contributed by atoms with Crippen molar-refractivity contribution in [3.8, 4) is 5.75 Å². The number of halogens is 1. The van der Waals surface area contributed by atoms with E-state index >= 15 is 0 Å². The summed E-state index contributed by atoms with van der Waals surface area (Å²) in [7, 11) is 1.94. The van der Waals surface area contributed by atoms with Crippen molar-refractivity contribution in [3.63, 3.8) is 0 Å². The van der Waals surface area contributed by atoms with Crippen LogP contribution in [0.1, 0.15) is 11.1 Å². The molecule has 2 rings (SSSR count). The molecule has 4 heteroatoms. The Labute approximate surface area is 122 Å². The van der Waals surface area contributed by atoms with Crippen molar-refractivity contribution in [2.75, 3.05) is 7.05 Å². The van der Waals surface area contributed by atoms with Gasteiger partial charge in [-0.3, -0.25) is 0 Å². The molecule has 0 radical (unpaired) electrons. The molecule has 2 aromatic carbocycles. The van der Waals surface area contributed by atoms with Crippen LogP contribution in [0.3, 0.4) is 0 Å².